The summed E-state index contributed by atoms with van der Waals surface area (Å²) in [6, 6.07) is 1.56. The number of phenolic OH excluding ortho intramolecular Hbond substituents is 1. The van der Waals surface area contributed by atoms with Gasteiger partial charge in [-0.3, -0.25) is 4.79 Å². The van der Waals surface area contributed by atoms with Gasteiger partial charge in [0.2, 0.25) is 5.75 Å². The molecule has 6 nitrogen and oxygen atoms in total. The topological polar surface area (TPSA) is 102 Å². The third-order valence-corrected chi connectivity index (χ3v) is 2.15. The zero-order valence-corrected chi connectivity index (χ0v) is 8.93. The molecule has 0 fully saturated rings. The van der Waals surface area contributed by atoms with E-state index in [1.54, 1.807) is 0 Å². The van der Waals surface area contributed by atoms with Crippen molar-refractivity contribution in [2.24, 2.45) is 5.73 Å². The molecule has 0 aliphatic rings. The summed E-state index contributed by atoms with van der Waals surface area (Å²) in [4.78, 5) is 10.7. The molecule has 1 aromatic rings. The normalized spacial score (nSPS) is 11.9. The Morgan fingerprint density at radius 3 is 2.44 bits per heavy atom. The van der Waals surface area contributed by atoms with Crippen LogP contribution in [-0.2, 0) is 4.79 Å². The van der Waals surface area contributed by atoms with Crippen LogP contribution in [0.2, 0.25) is 0 Å². The standard InChI is InChI=1S/C10H13NO5/c1-15-6-4-3-5(7(11)10(13)14)8(12)9(6)16-2/h3-4,7,12H,11H2,1-2H3,(H,13,14). The zero-order chi connectivity index (χ0) is 12.3. The van der Waals surface area contributed by atoms with Gasteiger partial charge in [-0.25, -0.2) is 0 Å². The number of carboxylic acid groups (broad SMARTS) is 1. The molecule has 0 saturated carbocycles. The van der Waals surface area contributed by atoms with Crippen LogP contribution in [0.5, 0.6) is 17.2 Å². The molecular formula is C10H13NO5. The van der Waals surface area contributed by atoms with Crippen LogP contribution >= 0.6 is 0 Å². The van der Waals surface area contributed by atoms with Crippen LogP contribution in [-0.4, -0.2) is 30.4 Å². The van der Waals surface area contributed by atoms with Gasteiger partial charge in [0.05, 0.1) is 14.2 Å². The second-order valence-corrected chi connectivity index (χ2v) is 3.05. The lowest BCUT2D eigenvalue weighted by Gasteiger charge is -2.14. The van der Waals surface area contributed by atoms with Crippen LogP contribution in [0.25, 0.3) is 0 Å². The van der Waals surface area contributed by atoms with E-state index in [0.29, 0.717) is 5.75 Å². The van der Waals surface area contributed by atoms with Crippen molar-refractivity contribution >= 4 is 5.97 Å². The highest BCUT2D eigenvalue weighted by Crippen LogP contribution is 2.40. The van der Waals surface area contributed by atoms with Gasteiger partial charge in [-0.2, -0.15) is 0 Å². The number of phenols is 1. The Bertz CT molecular complexity index is 404. The van der Waals surface area contributed by atoms with E-state index in [2.05, 4.69) is 0 Å². The molecule has 16 heavy (non-hydrogen) atoms. The molecule has 0 aliphatic carbocycles. The molecule has 1 atom stereocenters. The Balaban J connectivity index is 3.29. The minimum absolute atomic E-state index is 0.0664. The third-order valence-electron chi connectivity index (χ3n) is 2.15. The van der Waals surface area contributed by atoms with Gasteiger partial charge >= 0.3 is 5.97 Å². The summed E-state index contributed by atoms with van der Waals surface area (Å²) in [7, 11) is 2.75. The van der Waals surface area contributed by atoms with Crippen molar-refractivity contribution in [3.8, 4) is 17.2 Å². The van der Waals surface area contributed by atoms with E-state index in [9.17, 15) is 9.90 Å². The maximum Gasteiger partial charge on any atom is 0.325 e. The quantitative estimate of drug-likeness (QED) is 0.692. The predicted octanol–water partition coefficient (Wildman–Crippen LogP) is 0.494. The Morgan fingerprint density at radius 1 is 1.38 bits per heavy atom. The highest BCUT2D eigenvalue weighted by molar-refractivity contribution is 5.77. The van der Waals surface area contributed by atoms with Gasteiger partial charge < -0.3 is 25.4 Å². The van der Waals surface area contributed by atoms with Crippen LogP contribution in [0.15, 0.2) is 12.1 Å². The number of hydrogen-bond donors (Lipinski definition) is 3. The highest BCUT2D eigenvalue weighted by atomic mass is 16.5. The average molecular weight is 227 g/mol. The number of hydrogen-bond acceptors (Lipinski definition) is 5. The van der Waals surface area contributed by atoms with E-state index in [1.165, 1.54) is 26.4 Å². The predicted molar refractivity (Wildman–Crippen MR) is 55.8 cm³/mol. The van der Waals surface area contributed by atoms with E-state index in [0.717, 1.165) is 0 Å². The van der Waals surface area contributed by atoms with E-state index < -0.39 is 12.0 Å². The summed E-state index contributed by atoms with van der Waals surface area (Å²) >= 11 is 0. The fraction of sp³-hybridized carbons (Fsp3) is 0.300. The molecule has 0 heterocycles. The molecule has 0 spiro atoms. The summed E-state index contributed by atoms with van der Waals surface area (Å²) < 4.78 is 9.85. The summed E-state index contributed by atoms with van der Waals surface area (Å²) in [6.45, 7) is 0. The number of aliphatic carboxylic acids is 1. The van der Waals surface area contributed by atoms with Crippen molar-refractivity contribution in [2.45, 2.75) is 6.04 Å². The molecule has 1 unspecified atom stereocenters. The van der Waals surface area contributed by atoms with E-state index in [1.807, 2.05) is 0 Å². The average Bonchev–Trinajstić information content (AvgIpc) is 2.27. The molecule has 6 heteroatoms. The number of benzene rings is 1. The lowest BCUT2D eigenvalue weighted by Crippen LogP contribution is -2.20. The highest BCUT2D eigenvalue weighted by Gasteiger charge is 2.22. The van der Waals surface area contributed by atoms with Gasteiger partial charge in [0, 0.05) is 5.56 Å². The smallest absolute Gasteiger partial charge is 0.325 e. The van der Waals surface area contributed by atoms with E-state index in [4.69, 9.17) is 20.3 Å². The number of ether oxygens (including phenoxy) is 2. The first-order chi connectivity index (χ1) is 7.52. The zero-order valence-electron chi connectivity index (χ0n) is 8.93. The van der Waals surface area contributed by atoms with Gasteiger partial charge in [0.25, 0.3) is 0 Å². The molecule has 1 rings (SSSR count). The number of carbonyl (C=O) groups is 1. The maximum atomic E-state index is 10.7. The second-order valence-electron chi connectivity index (χ2n) is 3.05. The molecule has 1 aromatic carbocycles. The van der Waals surface area contributed by atoms with Crippen molar-refractivity contribution in [3.63, 3.8) is 0 Å². The Kier molecular flexibility index (Phi) is 3.57. The van der Waals surface area contributed by atoms with Gasteiger partial charge in [0.1, 0.15) is 6.04 Å². The van der Waals surface area contributed by atoms with Crippen LogP contribution in [0.4, 0.5) is 0 Å². The summed E-state index contributed by atoms with van der Waals surface area (Å²) in [5.41, 5.74) is 5.47. The van der Waals surface area contributed by atoms with Crippen molar-refractivity contribution in [2.75, 3.05) is 14.2 Å². The third kappa shape index (κ3) is 2.01. The lowest BCUT2D eigenvalue weighted by atomic mass is 10.1. The van der Waals surface area contributed by atoms with Gasteiger partial charge in [-0.15, -0.1) is 0 Å². The number of carboxylic acids is 1. The molecule has 0 aliphatic heterocycles. The maximum absolute atomic E-state index is 10.7. The molecule has 0 saturated heterocycles. The lowest BCUT2D eigenvalue weighted by molar-refractivity contribution is -0.138. The Hall–Kier alpha value is -1.95. The second kappa shape index (κ2) is 4.71. The monoisotopic (exact) mass is 227 g/mol. The molecule has 0 bridgehead atoms. The summed E-state index contributed by atoms with van der Waals surface area (Å²) in [5.74, 6) is -1.18. The largest absolute Gasteiger partial charge is 0.504 e. The molecule has 4 N–H and O–H groups in total. The number of aromatic hydroxyl groups is 1. The van der Waals surface area contributed by atoms with Crippen molar-refractivity contribution in [1.29, 1.82) is 0 Å². The molecule has 0 radical (unpaired) electrons. The van der Waals surface area contributed by atoms with Crippen LogP contribution in [0.1, 0.15) is 11.6 Å². The van der Waals surface area contributed by atoms with Crippen LogP contribution in [0, 0.1) is 0 Å². The summed E-state index contributed by atoms with van der Waals surface area (Å²) in [6.07, 6.45) is 0. The Labute approximate surface area is 92.2 Å². The van der Waals surface area contributed by atoms with Gasteiger partial charge in [-0.1, -0.05) is 0 Å². The van der Waals surface area contributed by atoms with Crippen molar-refractivity contribution < 1.29 is 24.5 Å². The van der Waals surface area contributed by atoms with E-state index >= 15 is 0 Å². The first-order valence-corrected chi connectivity index (χ1v) is 4.45. The van der Waals surface area contributed by atoms with Crippen LogP contribution < -0.4 is 15.2 Å². The summed E-state index contributed by atoms with van der Waals surface area (Å²) in [5, 5.41) is 18.5. The van der Waals surface area contributed by atoms with Crippen molar-refractivity contribution in [3.05, 3.63) is 17.7 Å². The fourth-order valence-electron chi connectivity index (χ4n) is 1.31. The van der Waals surface area contributed by atoms with E-state index in [-0.39, 0.29) is 17.1 Å². The Morgan fingerprint density at radius 2 is 2.00 bits per heavy atom. The number of rotatable bonds is 4. The van der Waals surface area contributed by atoms with Crippen LogP contribution in [0.3, 0.4) is 0 Å². The van der Waals surface area contributed by atoms with Gasteiger partial charge in [0.15, 0.2) is 11.5 Å². The SMILES string of the molecule is COc1ccc(C(N)C(=O)O)c(O)c1OC. The first-order valence-electron chi connectivity index (χ1n) is 4.45. The van der Waals surface area contributed by atoms with Crippen molar-refractivity contribution in [1.82, 2.24) is 0 Å². The molecule has 0 aromatic heterocycles. The molecule has 88 valence electrons. The molecule has 0 amide bonds. The number of nitrogens with two attached hydrogens (primary N) is 1. The minimum atomic E-state index is -1.31. The minimum Gasteiger partial charge on any atom is -0.504 e. The molecular weight excluding hydrogens is 214 g/mol. The fourth-order valence-corrected chi connectivity index (χ4v) is 1.31. The first kappa shape index (κ1) is 12.1. The van der Waals surface area contributed by atoms with Gasteiger partial charge in [-0.05, 0) is 12.1 Å². The number of methoxy groups -OCH3 is 2.